The second kappa shape index (κ2) is 9.26. The number of nitrogens with zero attached hydrogens (tertiary/aromatic N) is 2. The molecule has 6 nitrogen and oxygen atoms in total. The van der Waals surface area contributed by atoms with Crippen molar-refractivity contribution in [3.05, 3.63) is 56.7 Å². The Morgan fingerprint density at radius 3 is 2.62 bits per heavy atom. The van der Waals surface area contributed by atoms with Gasteiger partial charge in [0.05, 0.1) is 15.2 Å². The van der Waals surface area contributed by atoms with E-state index in [0.29, 0.717) is 10.0 Å². The molecule has 0 aliphatic rings. The van der Waals surface area contributed by atoms with Crippen LogP contribution in [0.5, 0.6) is 0 Å². The number of amides is 2. The van der Waals surface area contributed by atoms with Crippen LogP contribution < -0.4 is 10.6 Å². The molecule has 0 atom stereocenters. The van der Waals surface area contributed by atoms with Gasteiger partial charge in [-0.15, -0.1) is 21.5 Å². The minimum Gasteiger partial charge on any atom is -0.342 e. The third-order valence-electron chi connectivity index (χ3n) is 3.06. The van der Waals surface area contributed by atoms with Crippen LogP contribution in [0.25, 0.3) is 0 Å². The lowest BCUT2D eigenvalue weighted by Crippen LogP contribution is -2.32. The maximum absolute atomic E-state index is 11.9. The summed E-state index contributed by atoms with van der Waals surface area (Å²) in [6, 6.07) is 13.5. The zero-order valence-electron chi connectivity index (χ0n) is 13.3. The van der Waals surface area contributed by atoms with Gasteiger partial charge in [0.25, 0.3) is 5.91 Å². The van der Waals surface area contributed by atoms with Crippen LogP contribution in [0, 0.1) is 0 Å². The molecular formula is C16H13BrN4O2S3. The van der Waals surface area contributed by atoms with E-state index in [9.17, 15) is 9.59 Å². The lowest BCUT2D eigenvalue weighted by molar-refractivity contribution is -0.115. The number of hydrogen-bond donors (Lipinski definition) is 2. The number of thioether (sulfide) groups is 1. The molecule has 0 aliphatic heterocycles. The number of anilines is 1. The van der Waals surface area contributed by atoms with Gasteiger partial charge in [0, 0.05) is 5.75 Å². The Kier molecular flexibility index (Phi) is 6.78. The van der Waals surface area contributed by atoms with Crippen LogP contribution >= 0.6 is 50.4 Å². The zero-order valence-corrected chi connectivity index (χ0v) is 17.3. The minimum atomic E-state index is -0.343. The normalized spacial score (nSPS) is 10.5. The van der Waals surface area contributed by atoms with Gasteiger partial charge in [0.1, 0.15) is 0 Å². The molecule has 3 rings (SSSR count). The van der Waals surface area contributed by atoms with Gasteiger partial charge in [0.15, 0.2) is 4.34 Å². The van der Waals surface area contributed by atoms with Crippen molar-refractivity contribution in [1.29, 1.82) is 0 Å². The van der Waals surface area contributed by atoms with Crippen LogP contribution in [0.2, 0.25) is 0 Å². The maximum atomic E-state index is 11.9. The van der Waals surface area contributed by atoms with Gasteiger partial charge >= 0.3 is 0 Å². The van der Waals surface area contributed by atoms with Crippen LogP contribution in [0.1, 0.15) is 15.2 Å². The highest BCUT2D eigenvalue weighted by atomic mass is 79.9. The fourth-order valence-electron chi connectivity index (χ4n) is 1.89. The maximum Gasteiger partial charge on any atom is 0.261 e. The lowest BCUT2D eigenvalue weighted by Gasteiger charge is -2.03. The third kappa shape index (κ3) is 5.63. The summed E-state index contributed by atoms with van der Waals surface area (Å²) in [6.07, 6.45) is 0. The summed E-state index contributed by atoms with van der Waals surface area (Å²) in [6.45, 7) is -0.125. The first-order valence-corrected chi connectivity index (χ1v) is 10.8. The summed E-state index contributed by atoms with van der Waals surface area (Å²) in [4.78, 5) is 24.4. The van der Waals surface area contributed by atoms with E-state index in [4.69, 9.17) is 0 Å². The molecule has 134 valence electrons. The number of carbonyl (C=O) groups is 2. The molecular weight excluding hydrogens is 456 g/mol. The Balaban J connectivity index is 1.44. The van der Waals surface area contributed by atoms with E-state index in [-0.39, 0.29) is 18.4 Å². The highest BCUT2D eigenvalue weighted by Crippen LogP contribution is 2.28. The first kappa shape index (κ1) is 19.0. The van der Waals surface area contributed by atoms with E-state index in [0.717, 1.165) is 13.9 Å². The minimum absolute atomic E-state index is 0.125. The van der Waals surface area contributed by atoms with E-state index >= 15 is 0 Å². The topological polar surface area (TPSA) is 84.0 Å². The molecule has 0 saturated carbocycles. The van der Waals surface area contributed by atoms with Crippen molar-refractivity contribution in [2.45, 2.75) is 10.1 Å². The predicted octanol–water partition coefficient (Wildman–Crippen LogP) is 4.02. The van der Waals surface area contributed by atoms with Crippen molar-refractivity contribution in [3.63, 3.8) is 0 Å². The van der Waals surface area contributed by atoms with Crippen molar-refractivity contribution in [3.8, 4) is 0 Å². The smallest absolute Gasteiger partial charge is 0.261 e. The Morgan fingerprint density at radius 1 is 1.08 bits per heavy atom. The summed E-state index contributed by atoms with van der Waals surface area (Å²) in [5, 5.41) is 13.6. The average Bonchev–Trinajstić information content (AvgIpc) is 3.28. The number of nitrogens with one attached hydrogen (secondary N) is 2. The molecule has 1 aromatic carbocycles. The molecule has 2 amide bonds. The second-order valence-electron chi connectivity index (χ2n) is 4.98. The third-order valence-corrected chi connectivity index (χ3v) is 6.73. The standard InChI is InChI=1S/C16H13BrN4O2S3/c17-12-7-6-11(25-12)14(23)18-8-13(22)19-15-20-21-16(26-15)24-9-10-4-2-1-3-5-10/h1-7H,8-9H2,(H,18,23)(H,19,20,22). The molecule has 0 aliphatic carbocycles. The monoisotopic (exact) mass is 468 g/mol. The highest BCUT2D eigenvalue weighted by Gasteiger charge is 2.12. The molecule has 0 unspecified atom stereocenters. The van der Waals surface area contributed by atoms with Gasteiger partial charge in [-0.25, -0.2) is 0 Å². The first-order valence-electron chi connectivity index (χ1n) is 7.44. The van der Waals surface area contributed by atoms with E-state index in [1.807, 2.05) is 30.3 Å². The molecule has 0 radical (unpaired) electrons. The van der Waals surface area contributed by atoms with Gasteiger partial charge in [-0.2, -0.15) is 0 Å². The molecule has 0 saturated heterocycles. The molecule has 0 fully saturated rings. The summed E-state index contributed by atoms with van der Waals surface area (Å²) < 4.78 is 1.64. The number of thiophene rings is 1. The van der Waals surface area contributed by atoms with E-state index in [1.54, 1.807) is 23.9 Å². The molecule has 2 N–H and O–H groups in total. The summed E-state index contributed by atoms with van der Waals surface area (Å²) in [5.74, 6) is 0.160. The molecule has 26 heavy (non-hydrogen) atoms. The molecule has 3 aromatic rings. The molecule has 0 spiro atoms. The second-order valence-corrected chi connectivity index (χ2v) is 9.65. The van der Waals surface area contributed by atoms with Crippen LogP contribution in [-0.4, -0.2) is 28.6 Å². The Labute approximate surface area is 170 Å². The summed E-state index contributed by atoms with van der Waals surface area (Å²) >= 11 is 7.47. The quantitative estimate of drug-likeness (QED) is 0.403. The van der Waals surface area contributed by atoms with Gasteiger partial charge in [0.2, 0.25) is 11.0 Å². The number of aromatic nitrogens is 2. The van der Waals surface area contributed by atoms with E-state index in [1.165, 1.54) is 28.2 Å². The Bertz CT molecular complexity index is 898. The fraction of sp³-hybridized carbons (Fsp3) is 0.125. The van der Waals surface area contributed by atoms with E-state index in [2.05, 4.69) is 36.8 Å². The largest absolute Gasteiger partial charge is 0.342 e. The van der Waals surface area contributed by atoms with Crippen molar-refractivity contribution < 1.29 is 9.59 Å². The van der Waals surface area contributed by atoms with Crippen LogP contribution in [-0.2, 0) is 10.5 Å². The van der Waals surface area contributed by atoms with Crippen molar-refractivity contribution in [1.82, 2.24) is 15.5 Å². The number of rotatable bonds is 7. The molecule has 2 heterocycles. The summed E-state index contributed by atoms with van der Waals surface area (Å²) in [5.41, 5.74) is 1.20. The molecule has 2 aromatic heterocycles. The van der Waals surface area contributed by atoms with Gasteiger partial charge in [-0.05, 0) is 33.6 Å². The number of benzene rings is 1. The van der Waals surface area contributed by atoms with Crippen LogP contribution in [0.4, 0.5) is 5.13 Å². The van der Waals surface area contributed by atoms with Gasteiger partial charge < -0.3 is 5.32 Å². The van der Waals surface area contributed by atoms with Crippen LogP contribution in [0.3, 0.4) is 0 Å². The molecule has 0 bridgehead atoms. The number of hydrogen-bond acceptors (Lipinski definition) is 7. The first-order chi connectivity index (χ1) is 12.6. The fourth-order valence-corrected chi connectivity index (χ4v) is 4.91. The number of carbonyl (C=O) groups excluding carboxylic acids is 2. The zero-order chi connectivity index (χ0) is 18.4. The van der Waals surface area contributed by atoms with Gasteiger partial charge in [-0.3, -0.25) is 14.9 Å². The summed E-state index contributed by atoms with van der Waals surface area (Å²) in [7, 11) is 0. The predicted molar refractivity (Wildman–Crippen MR) is 109 cm³/mol. The SMILES string of the molecule is O=C(CNC(=O)c1ccc(Br)s1)Nc1nnc(SCc2ccccc2)s1. The van der Waals surface area contributed by atoms with E-state index < -0.39 is 0 Å². The highest BCUT2D eigenvalue weighted by molar-refractivity contribution is 9.11. The van der Waals surface area contributed by atoms with Crippen molar-refractivity contribution in [2.24, 2.45) is 0 Å². The van der Waals surface area contributed by atoms with Crippen molar-refractivity contribution >= 4 is 67.3 Å². The Morgan fingerprint density at radius 2 is 1.88 bits per heavy atom. The van der Waals surface area contributed by atoms with Gasteiger partial charge in [-0.1, -0.05) is 53.4 Å². The van der Waals surface area contributed by atoms with Crippen molar-refractivity contribution in [2.75, 3.05) is 11.9 Å². The average molecular weight is 469 g/mol. The van der Waals surface area contributed by atoms with Crippen LogP contribution in [0.15, 0.2) is 50.6 Å². The number of halogens is 1. The lowest BCUT2D eigenvalue weighted by atomic mass is 10.2. The molecule has 10 heteroatoms. The Hall–Kier alpha value is -1.75.